The number of benzene rings is 5. The Bertz CT molecular complexity index is 3240. The van der Waals surface area contributed by atoms with E-state index in [2.05, 4.69) is 42.8 Å². The lowest BCUT2D eigenvalue weighted by Gasteiger charge is -2.36. The number of hydrogen-bond acceptors (Lipinski definition) is 18. The summed E-state index contributed by atoms with van der Waals surface area (Å²) in [4.78, 5) is 63.6. The first kappa shape index (κ1) is 77.2. The van der Waals surface area contributed by atoms with Gasteiger partial charge < -0.3 is 64.5 Å². The zero-order chi connectivity index (χ0) is 70.0. The number of nitrogens with one attached hydrogen (secondary N) is 3. The zero-order valence-electron chi connectivity index (χ0n) is 53.4. The van der Waals surface area contributed by atoms with Gasteiger partial charge in [0.1, 0.15) is 40.9 Å². The van der Waals surface area contributed by atoms with Gasteiger partial charge in [-0.1, -0.05) is 0 Å². The van der Waals surface area contributed by atoms with Gasteiger partial charge in [-0.2, -0.15) is 26.3 Å². The predicted octanol–water partition coefficient (Wildman–Crippen LogP) is 11.7. The number of amides is 2. The number of nitrogens with zero attached hydrogens (tertiary/aromatic N) is 7. The molecule has 31 heteroatoms. The molecule has 2 amide bonds. The number of hydrogen-bond donors (Lipinski definition) is 4. The number of aliphatic hydroxyl groups is 1. The maximum Gasteiger partial charge on any atom is 0.423 e. The number of anilines is 5. The molecule has 3 aliphatic heterocycles. The summed E-state index contributed by atoms with van der Waals surface area (Å²) in [7, 11) is 4.98. The van der Waals surface area contributed by atoms with Gasteiger partial charge in [0, 0.05) is 131 Å². The molecule has 0 radical (unpaired) electrons. The van der Waals surface area contributed by atoms with Crippen LogP contribution in [0.5, 0.6) is 17.2 Å². The molecule has 0 aromatic heterocycles. The maximum atomic E-state index is 13.2. The highest BCUT2D eigenvalue weighted by Gasteiger charge is 2.40. The van der Waals surface area contributed by atoms with E-state index in [0.717, 1.165) is 118 Å². The summed E-state index contributed by atoms with van der Waals surface area (Å²) in [5, 5.41) is 39.8. The van der Waals surface area contributed by atoms with Crippen LogP contribution in [0.3, 0.4) is 0 Å². The van der Waals surface area contributed by atoms with Gasteiger partial charge in [-0.15, -0.1) is 23.2 Å². The van der Waals surface area contributed by atoms with Crippen LogP contribution in [0.2, 0.25) is 0 Å². The second-order valence-corrected chi connectivity index (χ2v) is 23.7. The molecule has 0 bridgehead atoms. The Morgan fingerprint density at radius 2 is 0.875 bits per heavy atom. The monoisotopic (exact) mass is 1410 g/mol. The van der Waals surface area contributed by atoms with Crippen LogP contribution in [0, 0.1) is 20.2 Å². The minimum absolute atomic E-state index is 0.00257. The van der Waals surface area contributed by atoms with E-state index in [-0.39, 0.29) is 65.8 Å². The number of ether oxygens (including phenoxy) is 4. The Kier molecular flexibility index (Phi) is 30.8. The van der Waals surface area contributed by atoms with Gasteiger partial charge in [0.15, 0.2) is 0 Å². The Morgan fingerprint density at radius 3 is 1.20 bits per heavy atom. The Balaban J connectivity index is 0.000000212. The van der Waals surface area contributed by atoms with Crippen molar-refractivity contribution in [2.75, 3.05) is 144 Å². The third-order valence-electron chi connectivity index (χ3n) is 16.5. The molecule has 0 spiro atoms. The average Bonchev–Trinajstić information content (AvgIpc) is 0.836. The third kappa shape index (κ3) is 24.7. The molecule has 526 valence electrons. The first-order chi connectivity index (χ1) is 45.8. The standard InChI is InChI=1S/C26H31F3N4O5.C13H17ClN2O2.C13H15F3N2O3.C11H16N2O.C2H2Cl2O/c1-37-21-9-5-20(6-10-21)31-12-14-32(15-13-31)25(34)17-38-22-7-2-18(3-8-22)30-19-4-11-24(33(35)36)23(16-19)26(27,28)29;1-18-12-4-2-11(3-5-12)15-6-8-16(9-7-15)13(17)10-14;14-13(15,16)11-7-9(3-6-12(11)18(20)21)17-8-1-4-10(19)5-2-8;1-14-11-4-2-10(3-5-11)13-8-6-12-7-9-13;3-1-2(4)5/h4-6,9-11,16,18,22,30H,2-3,7-8,12-15,17H2,1H3;2-5H,6-10H2,1H3;3,6-8,10,17,19H,1-2,4-5H2;2-5,12H,6-9H2,1H3;1H2. The van der Waals surface area contributed by atoms with Crippen molar-refractivity contribution in [3.05, 3.63) is 141 Å². The molecule has 2 aliphatic carbocycles. The van der Waals surface area contributed by atoms with Gasteiger partial charge in [-0.3, -0.25) is 34.6 Å². The van der Waals surface area contributed by atoms with Crippen molar-refractivity contribution in [2.24, 2.45) is 0 Å². The highest BCUT2D eigenvalue weighted by molar-refractivity contribution is 6.67. The van der Waals surface area contributed by atoms with E-state index >= 15 is 0 Å². The minimum atomic E-state index is -4.82. The van der Waals surface area contributed by atoms with Crippen LogP contribution in [-0.4, -0.2) is 184 Å². The molecule has 5 aromatic rings. The summed E-state index contributed by atoms with van der Waals surface area (Å²) in [5.74, 6) is 2.52. The normalized spacial score (nSPS) is 18.8. The molecule has 3 heterocycles. The van der Waals surface area contributed by atoms with Gasteiger partial charge in [-0.25, -0.2) is 0 Å². The van der Waals surface area contributed by atoms with E-state index < -0.39 is 49.9 Å². The van der Waals surface area contributed by atoms with E-state index in [0.29, 0.717) is 64.5 Å². The number of piperazine rings is 3. The van der Waals surface area contributed by atoms with Crippen LogP contribution >= 0.6 is 34.8 Å². The highest BCUT2D eigenvalue weighted by Crippen LogP contribution is 2.40. The SMILES string of the molecule is COc1ccc(N2CCN(C(=O)CCl)CC2)cc1.COc1ccc(N2CCN(C(=O)COC3CCC(Nc4ccc([N+](=O)[O-])c(C(F)(F)F)c4)CC3)CC2)cc1.COc1ccc(N2CCNCC2)cc1.O=C(Cl)CCl.O=[N+]([O-])c1ccc(NC2CCC(O)CC2)cc1C(F)(F)F. The second kappa shape index (κ2) is 38.3. The number of aliphatic hydroxyl groups excluding tert-OH is 1. The number of nitro benzene ring substituents is 2. The van der Waals surface area contributed by atoms with Crippen LogP contribution in [0.1, 0.15) is 62.5 Å². The molecule has 3 saturated heterocycles. The predicted molar refractivity (Wildman–Crippen MR) is 358 cm³/mol. The lowest BCUT2D eigenvalue weighted by atomic mass is 9.92. The van der Waals surface area contributed by atoms with Gasteiger partial charge in [0.25, 0.3) is 11.4 Å². The van der Waals surface area contributed by atoms with Crippen molar-refractivity contribution in [3.8, 4) is 17.2 Å². The van der Waals surface area contributed by atoms with Crippen LogP contribution in [0.15, 0.2) is 109 Å². The molecule has 5 aliphatic rings. The lowest BCUT2D eigenvalue weighted by Crippen LogP contribution is -2.50. The van der Waals surface area contributed by atoms with Crippen LogP contribution in [0.4, 0.5) is 66.2 Å². The van der Waals surface area contributed by atoms with E-state index in [1.807, 2.05) is 65.6 Å². The van der Waals surface area contributed by atoms with Crippen LogP contribution < -0.4 is 44.9 Å². The molecular weight excluding hydrogens is 1330 g/mol. The summed E-state index contributed by atoms with van der Waals surface area (Å²) >= 11 is 15.1. The lowest BCUT2D eigenvalue weighted by molar-refractivity contribution is -0.388. The molecule has 10 rings (SSSR count). The topological polar surface area (TPSA) is 247 Å². The number of carbonyl (C=O) groups excluding carboxylic acids is 3. The number of carbonyl (C=O) groups is 3. The maximum absolute atomic E-state index is 13.2. The van der Waals surface area contributed by atoms with Crippen molar-refractivity contribution in [1.82, 2.24) is 15.1 Å². The minimum Gasteiger partial charge on any atom is -0.497 e. The van der Waals surface area contributed by atoms with Gasteiger partial charge in [-0.05, 0) is 160 Å². The Hall–Kier alpha value is -7.76. The average molecular weight is 1410 g/mol. The first-order valence-electron chi connectivity index (χ1n) is 31.1. The first-order valence-corrected chi connectivity index (χ1v) is 32.5. The van der Waals surface area contributed by atoms with E-state index in [1.165, 1.54) is 17.8 Å². The number of rotatable bonds is 17. The number of halogens is 9. The number of alkyl halides is 8. The largest absolute Gasteiger partial charge is 0.497 e. The van der Waals surface area contributed by atoms with Gasteiger partial charge in [0.05, 0.1) is 49.3 Å². The molecule has 0 atom stereocenters. The highest BCUT2D eigenvalue weighted by atomic mass is 35.5. The quantitative estimate of drug-likeness (QED) is 0.0222. The smallest absolute Gasteiger partial charge is 0.423 e. The van der Waals surface area contributed by atoms with Crippen molar-refractivity contribution < 1.29 is 74.6 Å². The number of nitro groups is 2. The molecule has 5 aromatic carbocycles. The Labute approximate surface area is 568 Å². The van der Waals surface area contributed by atoms with Gasteiger partial charge in [0.2, 0.25) is 17.1 Å². The summed E-state index contributed by atoms with van der Waals surface area (Å²) in [6.07, 6.45) is -4.93. The zero-order valence-corrected chi connectivity index (χ0v) is 55.7. The van der Waals surface area contributed by atoms with Crippen LogP contribution in [-0.2, 0) is 31.5 Å². The molecular formula is C65H81Cl3F6N10O12. The fourth-order valence-corrected chi connectivity index (χ4v) is 11.4. The second-order valence-electron chi connectivity index (χ2n) is 22.7. The molecule has 4 N–H and O–H groups in total. The summed E-state index contributed by atoms with van der Waals surface area (Å²) < 4.78 is 99.6. The van der Waals surface area contributed by atoms with Gasteiger partial charge >= 0.3 is 12.4 Å². The van der Waals surface area contributed by atoms with Crippen molar-refractivity contribution >= 4 is 91.7 Å². The molecule has 96 heavy (non-hydrogen) atoms. The van der Waals surface area contributed by atoms with Crippen molar-refractivity contribution in [2.45, 2.75) is 88.0 Å². The molecule has 0 unspecified atom stereocenters. The molecule has 5 fully saturated rings. The Morgan fingerprint density at radius 1 is 0.531 bits per heavy atom. The van der Waals surface area contributed by atoms with E-state index in [1.54, 1.807) is 26.2 Å². The fourth-order valence-electron chi connectivity index (χ4n) is 11.2. The third-order valence-corrected chi connectivity index (χ3v) is 17.2. The summed E-state index contributed by atoms with van der Waals surface area (Å²) in [6.45, 7) is 10.2. The number of methoxy groups -OCH3 is 3. The van der Waals surface area contributed by atoms with E-state index in [9.17, 15) is 66.1 Å². The molecule has 22 nitrogen and oxygen atoms in total. The molecule has 2 saturated carbocycles. The summed E-state index contributed by atoms with van der Waals surface area (Å²) in [5.41, 5.74) is -0.519. The van der Waals surface area contributed by atoms with Crippen LogP contribution in [0.25, 0.3) is 0 Å². The van der Waals surface area contributed by atoms with Crippen molar-refractivity contribution in [3.63, 3.8) is 0 Å². The van der Waals surface area contributed by atoms with Crippen molar-refractivity contribution in [1.29, 1.82) is 0 Å². The summed E-state index contributed by atoms with van der Waals surface area (Å²) in [6, 6.07) is 29.8. The fraction of sp³-hybridized carbons (Fsp3) is 0.492. The van der Waals surface area contributed by atoms with E-state index in [4.69, 9.17) is 53.8 Å².